The molecule has 1 radical (unpaired) electrons. The smallest absolute Gasteiger partial charge is 0.0486 e. The number of fused-ring (bicyclic) bond motifs is 2. The minimum Gasteiger partial charge on any atom is -0.305 e. The summed E-state index contributed by atoms with van der Waals surface area (Å²) in [5, 5.41) is 3.49. The Kier molecular flexibility index (Phi) is 6.72. The van der Waals surface area contributed by atoms with Crippen molar-refractivity contribution in [2.24, 2.45) is 0 Å². The number of aromatic nitrogens is 1. The average Bonchev–Trinajstić information content (AvgIpc) is 2.90. The van der Waals surface area contributed by atoms with Crippen LogP contribution in [0.4, 0.5) is 8.78 Å². The molecule has 37 heavy (non-hydrogen) atoms. The molecule has 0 bridgehead atoms. The van der Waals surface area contributed by atoms with E-state index in [4.69, 9.17) is 0 Å². The third-order valence-electron chi connectivity index (χ3n) is 6.79. The molecule has 5 aromatic carbocycles. The van der Waals surface area contributed by atoms with Gasteiger partial charge >= 0.3 is 0 Å². The Morgan fingerprint density at radius 3 is 1.86 bits per heavy atom. The van der Waals surface area contributed by atoms with Crippen molar-refractivity contribution in [3.8, 4) is 33.5 Å². The van der Waals surface area contributed by atoms with Crippen molar-refractivity contribution in [2.75, 3.05) is 0 Å². The molecule has 0 amide bonds. The van der Waals surface area contributed by atoms with Gasteiger partial charge in [0.15, 0.2) is 0 Å². The van der Waals surface area contributed by atoms with Gasteiger partial charge in [-0.2, -0.15) is 0 Å². The maximum atomic E-state index is 16.2. The Balaban J connectivity index is 0.00000280. The van der Waals surface area contributed by atoms with Crippen LogP contribution in [-0.4, -0.2) is 4.98 Å². The van der Waals surface area contributed by atoms with E-state index < -0.39 is 11.6 Å². The second-order valence-electron chi connectivity index (χ2n) is 9.08. The van der Waals surface area contributed by atoms with E-state index in [1.165, 1.54) is 6.07 Å². The van der Waals surface area contributed by atoms with Crippen LogP contribution in [0.25, 0.3) is 55.1 Å². The summed E-state index contributed by atoms with van der Waals surface area (Å²) in [5.41, 5.74) is 5.53. The van der Waals surface area contributed by atoms with E-state index in [1.54, 1.807) is 24.4 Å². The number of halogens is 2. The van der Waals surface area contributed by atoms with Crippen LogP contribution < -0.4 is 0 Å². The fourth-order valence-electron chi connectivity index (χ4n) is 5.12. The van der Waals surface area contributed by atoms with Crippen LogP contribution in [0.1, 0.15) is 11.1 Å². The van der Waals surface area contributed by atoms with Gasteiger partial charge in [-0.05, 0) is 75.0 Å². The Bertz CT molecular complexity index is 1720. The van der Waals surface area contributed by atoms with Gasteiger partial charge in [0, 0.05) is 37.9 Å². The number of pyridine rings is 1. The topological polar surface area (TPSA) is 12.9 Å². The van der Waals surface area contributed by atoms with E-state index in [-0.39, 0.29) is 31.2 Å². The molecule has 0 saturated carbocycles. The average molecular weight is 663 g/mol. The third kappa shape index (κ3) is 4.17. The van der Waals surface area contributed by atoms with Crippen molar-refractivity contribution < 1.29 is 28.9 Å². The molecule has 0 spiro atoms. The molecule has 1 aromatic heterocycles. The first-order chi connectivity index (χ1) is 17.5. The molecule has 1 heterocycles. The molecular weight excluding hydrogens is 641 g/mol. The van der Waals surface area contributed by atoms with Gasteiger partial charge in [0.2, 0.25) is 0 Å². The number of nitrogens with zero attached hydrogens (tertiary/aromatic N) is 1. The van der Waals surface area contributed by atoms with Crippen molar-refractivity contribution in [2.45, 2.75) is 13.8 Å². The van der Waals surface area contributed by atoms with E-state index in [0.29, 0.717) is 11.3 Å². The molecule has 0 aliphatic rings. The summed E-state index contributed by atoms with van der Waals surface area (Å²) in [5.74, 6) is -1.31. The van der Waals surface area contributed by atoms with Crippen molar-refractivity contribution in [1.29, 1.82) is 0 Å². The van der Waals surface area contributed by atoms with Crippen molar-refractivity contribution >= 4 is 21.5 Å². The number of hydrogen-bond donors (Lipinski definition) is 0. The predicted octanol–water partition coefficient (Wildman–Crippen LogP) is 9.08. The second kappa shape index (κ2) is 9.97. The summed E-state index contributed by atoms with van der Waals surface area (Å²) in [4.78, 5) is 4.28. The maximum Gasteiger partial charge on any atom is 0.0486 e. The standard InChI is InChI=1S/C33H22F2N.Ir/c1-20-14-15-21(2)27(19-20)30-22-9-3-5-11-24(22)31(25-12-6-4-10-23(25)30)32-28(34)17-16-26(33(32)35)29-13-7-8-18-36-29;/h3-15,17-19H,1-2H3;/q-1;. The molecule has 0 atom stereocenters. The summed E-state index contributed by atoms with van der Waals surface area (Å²) in [6, 6.07) is 31.4. The van der Waals surface area contributed by atoms with Gasteiger partial charge in [0.05, 0.1) is 0 Å². The Morgan fingerprint density at radius 1 is 0.676 bits per heavy atom. The van der Waals surface area contributed by atoms with Crippen LogP contribution in [0.2, 0.25) is 0 Å². The van der Waals surface area contributed by atoms with Gasteiger partial charge in [-0.25, -0.2) is 0 Å². The molecule has 6 rings (SSSR count). The van der Waals surface area contributed by atoms with Crippen LogP contribution in [0.15, 0.2) is 97.2 Å². The summed E-state index contributed by atoms with van der Waals surface area (Å²) >= 11 is 0. The fraction of sp³-hybridized carbons (Fsp3) is 0.0606. The van der Waals surface area contributed by atoms with E-state index in [0.717, 1.165) is 43.8 Å². The number of aryl methyl sites for hydroxylation is 2. The van der Waals surface area contributed by atoms with Crippen LogP contribution in [0.5, 0.6) is 0 Å². The van der Waals surface area contributed by atoms with Gasteiger partial charge in [-0.1, -0.05) is 90.0 Å². The fourth-order valence-corrected chi connectivity index (χ4v) is 5.12. The van der Waals surface area contributed by atoms with Crippen LogP contribution in [0, 0.1) is 31.5 Å². The van der Waals surface area contributed by atoms with Crippen LogP contribution >= 0.6 is 0 Å². The van der Waals surface area contributed by atoms with E-state index in [2.05, 4.69) is 43.1 Å². The van der Waals surface area contributed by atoms with E-state index in [9.17, 15) is 0 Å². The second-order valence-corrected chi connectivity index (χ2v) is 9.08. The Labute approximate surface area is 228 Å². The third-order valence-corrected chi connectivity index (χ3v) is 6.79. The van der Waals surface area contributed by atoms with Crippen molar-refractivity contribution in [3.05, 3.63) is 126 Å². The first kappa shape index (κ1) is 25.0. The monoisotopic (exact) mass is 663 g/mol. The Morgan fingerprint density at radius 2 is 1.27 bits per heavy atom. The molecule has 0 aliphatic heterocycles. The zero-order valence-electron chi connectivity index (χ0n) is 20.3. The molecule has 0 N–H and O–H groups in total. The van der Waals surface area contributed by atoms with Crippen molar-refractivity contribution in [3.63, 3.8) is 0 Å². The summed E-state index contributed by atoms with van der Waals surface area (Å²) in [6.07, 6.45) is 1.59. The van der Waals surface area contributed by atoms with Crippen molar-refractivity contribution in [1.82, 2.24) is 4.98 Å². The number of benzene rings is 5. The van der Waals surface area contributed by atoms with E-state index in [1.807, 2.05) is 48.5 Å². The molecule has 0 fully saturated rings. The molecule has 0 saturated heterocycles. The van der Waals surface area contributed by atoms with Gasteiger partial charge in [-0.3, -0.25) is 8.78 Å². The molecule has 183 valence electrons. The molecule has 1 nitrogen and oxygen atoms in total. The van der Waals surface area contributed by atoms with E-state index >= 15 is 8.78 Å². The maximum absolute atomic E-state index is 16.2. The summed E-state index contributed by atoms with van der Waals surface area (Å²) < 4.78 is 31.7. The van der Waals surface area contributed by atoms with Crippen LogP contribution in [0.3, 0.4) is 0 Å². The normalized spacial score (nSPS) is 11.0. The minimum absolute atomic E-state index is 0. The predicted molar refractivity (Wildman–Crippen MR) is 144 cm³/mol. The molecule has 0 unspecified atom stereocenters. The van der Waals surface area contributed by atoms with Gasteiger partial charge in [0.1, 0.15) is 0 Å². The first-order valence-electron chi connectivity index (χ1n) is 11.9. The zero-order valence-corrected chi connectivity index (χ0v) is 22.7. The van der Waals surface area contributed by atoms with Gasteiger partial charge < -0.3 is 4.98 Å². The summed E-state index contributed by atoms with van der Waals surface area (Å²) in [7, 11) is 0. The van der Waals surface area contributed by atoms with Crippen LogP contribution in [-0.2, 0) is 20.1 Å². The number of hydrogen-bond acceptors (Lipinski definition) is 1. The summed E-state index contributed by atoms with van der Waals surface area (Å²) in [6.45, 7) is 4.17. The SMILES string of the molecule is Cc1ccc(C)c(-c2c3ccccc3c(-c3c(F)c[c-]c(-c4ccccn4)c3F)c3ccccc23)c1.[Ir]. The van der Waals surface area contributed by atoms with Gasteiger partial charge in [-0.15, -0.1) is 12.1 Å². The Hall–Kier alpha value is -3.72. The molecular formula is C33H22F2IrN-. The molecule has 0 aliphatic carbocycles. The molecule has 4 heteroatoms. The minimum atomic E-state index is -0.663. The largest absolute Gasteiger partial charge is 0.305 e. The zero-order chi connectivity index (χ0) is 24.8. The molecule has 6 aromatic rings. The van der Waals surface area contributed by atoms with Gasteiger partial charge in [0.25, 0.3) is 0 Å². The first-order valence-corrected chi connectivity index (χ1v) is 11.9. The quantitative estimate of drug-likeness (QED) is 0.136. The number of rotatable bonds is 3.